The van der Waals surface area contributed by atoms with E-state index in [0.29, 0.717) is 35.2 Å². The predicted octanol–water partition coefficient (Wildman–Crippen LogP) is 10.4. The molecule has 4 aromatic rings. The first-order valence-corrected chi connectivity index (χ1v) is 18.9. The van der Waals surface area contributed by atoms with Gasteiger partial charge in [0, 0.05) is 12.8 Å². The molecule has 0 saturated heterocycles. The lowest BCUT2D eigenvalue weighted by Gasteiger charge is -2.37. The summed E-state index contributed by atoms with van der Waals surface area (Å²) in [6, 6.07) is 39.6. The van der Waals surface area contributed by atoms with Crippen LogP contribution in [0, 0.1) is 35.1 Å². The maximum Gasteiger partial charge on any atom is 0.311 e. The van der Waals surface area contributed by atoms with E-state index in [4.69, 9.17) is 4.74 Å². The average molecular weight is 635 g/mol. The van der Waals surface area contributed by atoms with Crippen molar-refractivity contribution in [3.63, 3.8) is 0 Å². The van der Waals surface area contributed by atoms with Crippen molar-refractivity contribution < 1.29 is 9.53 Å². The summed E-state index contributed by atoms with van der Waals surface area (Å²) >= 11 is 0. The Labute approximate surface area is 284 Å². The van der Waals surface area contributed by atoms with Crippen LogP contribution in [0.5, 0.6) is 5.75 Å². The molecule has 0 unspecified atom stereocenters. The molecule has 0 aromatic heterocycles. The van der Waals surface area contributed by atoms with E-state index < -0.39 is 13.5 Å². The Morgan fingerprint density at radius 3 is 1.47 bits per heavy atom. The third-order valence-corrected chi connectivity index (χ3v) is 15.5. The number of esters is 1. The van der Waals surface area contributed by atoms with Gasteiger partial charge in [0.2, 0.25) is 0 Å². The number of rotatable bonds is 11. The quantitative estimate of drug-likeness (QED) is 0.0410. The molecule has 0 aliphatic carbocycles. The lowest BCUT2D eigenvalue weighted by molar-refractivity contribution is -0.134. The Kier molecular flexibility index (Phi) is 12.5. The highest BCUT2D eigenvalue weighted by molar-refractivity contribution is 6.90. The summed E-state index contributed by atoms with van der Waals surface area (Å²) in [7, 11) is -1.78. The van der Waals surface area contributed by atoms with E-state index in [1.807, 2.05) is 30.3 Å². The Balaban J connectivity index is 1.43. The standard InChI is InChI=1S/C44H46O2Si/c1-35(2)47(36(3)4,37(5)6)34-22-11-9-7-8-10-21-29-43(45)46-42-32-30-41(31-33-42)44(38-23-15-12-16-24-38,39-25-17-13-18-26-39)40-27-19-14-20-28-40/h12-20,23-28,30-33,35-37H,10,21,29H2,1-6H3. The maximum atomic E-state index is 12.7. The molecule has 0 aliphatic rings. The third kappa shape index (κ3) is 8.16. The Morgan fingerprint density at radius 1 is 0.596 bits per heavy atom. The van der Waals surface area contributed by atoms with Gasteiger partial charge in [-0.25, -0.2) is 0 Å². The molecule has 0 atom stereocenters. The molecule has 238 valence electrons. The number of carbonyl (C=O) groups excluding carboxylic acids is 1. The fraction of sp³-hybridized carbons (Fsp3) is 0.295. The van der Waals surface area contributed by atoms with Gasteiger partial charge >= 0.3 is 5.97 Å². The van der Waals surface area contributed by atoms with Gasteiger partial charge in [0.1, 0.15) is 13.8 Å². The minimum absolute atomic E-state index is 0.269. The monoisotopic (exact) mass is 634 g/mol. The van der Waals surface area contributed by atoms with E-state index in [9.17, 15) is 4.79 Å². The summed E-state index contributed by atoms with van der Waals surface area (Å²) in [5.41, 5.74) is 9.36. The van der Waals surface area contributed by atoms with Crippen LogP contribution in [0.4, 0.5) is 0 Å². The van der Waals surface area contributed by atoms with Crippen LogP contribution in [0.2, 0.25) is 16.6 Å². The van der Waals surface area contributed by atoms with E-state index in [0.717, 1.165) is 22.3 Å². The van der Waals surface area contributed by atoms with Gasteiger partial charge < -0.3 is 4.74 Å². The summed E-state index contributed by atoms with van der Waals surface area (Å²) in [4.78, 5) is 12.7. The second-order valence-corrected chi connectivity index (χ2v) is 18.5. The van der Waals surface area contributed by atoms with Crippen molar-refractivity contribution in [2.24, 2.45) is 0 Å². The number of ether oxygens (including phenoxy) is 1. The van der Waals surface area contributed by atoms with Crippen LogP contribution in [0.1, 0.15) is 83.1 Å². The normalized spacial score (nSPS) is 11.2. The first kappa shape index (κ1) is 35.1. The highest BCUT2D eigenvalue weighted by atomic mass is 28.3. The summed E-state index contributed by atoms with van der Waals surface area (Å²) in [5, 5.41) is 0. The smallest absolute Gasteiger partial charge is 0.311 e. The Bertz CT molecular complexity index is 1650. The molecule has 3 heteroatoms. The van der Waals surface area contributed by atoms with Crippen molar-refractivity contribution >= 4 is 14.0 Å². The SMILES string of the molecule is CC(C)[Si](C#CC#CC#CCCCC(=O)Oc1ccc(C(c2ccccc2)(c2ccccc2)c2ccccc2)cc1)(C(C)C)C(C)C. The zero-order valence-corrected chi connectivity index (χ0v) is 29.6. The van der Waals surface area contributed by atoms with Crippen LogP contribution >= 0.6 is 0 Å². The third-order valence-electron chi connectivity index (χ3n) is 9.24. The van der Waals surface area contributed by atoms with Crippen molar-refractivity contribution in [2.45, 2.75) is 82.8 Å². The van der Waals surface area contributed by atoms with E-state index in [1.165, 1.54) is 0 Å². The van der Waals surface area contributed by atoms with E-state index in [1.54, 1.807) is 0 Å². The van der Waals surface area contributed by atoms with Crippen LogP contribution in [0.3, 0.4) is 0 Å². The molecule has 0 heterocycles. The number of hydrogen-bond donors (Lipinski definition) is 0. The maximum absolute atomic E-state index is 12.7. The molecule has 0 radical (unpaired) electrons. The fourth-order valence-corrected chi connectivity index (χ4v) is 12.2. The van der Waals surface area contributed by atoms with Gasteiger partial charge in [0.25, 0.3) is 0 Å². The summed E-state index contributed by atoms with van der Waals surface area (Å²) in [5.74, 6) is 15.1. The first-order chi connectivity index (χ1) is 22.7. The molecule has 4 rings (SSSR count). The first-order valence-electron chi connectivity index (χ1n) is 16.7. The van der Waals surface area contributed by atoms with Crippen molar-refractivity contribution in [2.75, 3.05) is 0 Å². The Hall–Kier alpha value is -4.75. The number of hydrogen-bond acceptors (Lipinski definition) is 2. The zero-order valence-electron chi connectivity index (χ0n) is 28.6. The summed E-state index contributed by atoms with van der Waals surface area (Å²) in [6.45, 7) is 13.8. The lowest BCUT2D eigenvalue weighted by Crippen LogP contribution is -2.43. The molecule has 0 bridgehead atoms. The molecule has 0 aliphatic heterocycles. The van der Waals surface area contributed by atoms with E-state index in [2.05, 4.69) is 162 Å². The second kappa shape index (κ2) is 16.7. The van der Waals surface area contributed by atoms with Crippen LogP contribution in [0.25, 0.3) is 0 Å². The molecule has 0 amide bonds. The van der Waals surface area contributed by atoms with Gasteiger partial charge in [0.05, 0.1) is 5.41 Å². The van der Waals surface area contributed by atoms with Crippen LogP contribution in [-0.4, -0.2) is 14.0 Å². The van der Waals surface area contributed by atoms with E-state index in [-0.39, 0.29) is 12.4 Å². The van der Waals surface area contributed by atoms with Gasteiger partial charge in [-0.05, 0) is 81.1 Å². The van der Waals surface area contributed by atoms with E-state index >= 15 is 0 Å². The highest BCUT2D eigenvalue weighted by Gasteiger charge is 2.42. The Morgan fingerprint density at radius 2 is 1.02 bits per heavy atom. The molecule has 4 aromatic carbocycles. The average Bonchev–Trinajstić information content (AvgIpc) is 3.08. The predicted molar refractivity (Wildman–Crippen MR) is 199 cm³/mol. The number of unbranched alkanes of at least 4 members (excludes halogenated alkanes) is 1. The fourth-order valence-electron chi connectivity index (χ4n) is 7.08. The highest BCUT2D eigenvalue weighted by Crippen LogP contribution is 2.45. The second-order valence-electron chi connectivity index (χ2n) is 12.9. The topological polar surface area (TPSA) is 26.3 Å². The van der Waals surface area contributed by atoms with Crippen LogP contribution in [-0.2, 0) is 10.2 Å². The van der Waals surface area contributed by atoms with Gasteiger partial charge in [-0.2, -0.15) is 0 Å². The summed E-state index contributed by atoms with van der Waals surface area (Å²) < 4.78 is 5.72. The molecule has 0 N–H and O–H groups in total. The van der Waals surface area contributed by atoms with Crippen molar-refractivity contribution in [1.29, 1.82) is 0 Å². The summed E-state index contributed by atoms with van der Waals surface area (Å²) in [6.07, 6.45) is 1.48. The van der Waals surface area contributed by atoms with Crippen molar-refractivity contribution in [3.8, 4) is 40.9 Å². The van der Waals surface area contributed by atoms with Gasteiger partial charge in [-0.3, -0.25) is 4.79 Å². The van der Waals surface area contributed by atoms with Gasteiger partial charge in [-0.15, -0.1) is 5.54 Å². The number of carbonyl (C=O) groups is 1. The molecule has 0 saturated carbocycles. The molecule has 0 fully saturated rings. The zero-order chi connectivity index (χ0) is 33.7. The van der Waals surface area contributed by atoms with Crippen LogP contribution in [0.15, 0.2) is 115 Å². The number of benzene rings is 4. The molecular weight excluding hydrogens is 589 g/mol. The molecule has 0 spiro atoms. The molecule has 47 heavy (non-hydrogen) atoms. The van der Waals surface area contributed by atoms with Crippen LogP contribution < -0.4 is 4.74 Å². The molecular formula is C44H46O2Si. The molecule has 2 nitrogen and oxygen atoms in total. The largest absolute Gasteiger partial charge is 0.427 e. The van der Waals surface area contributed by atoms with Crippen molar-refractivity contribution in [3.05, 3.63) is 138 Å². The minimum atomic E-state index is -1.78. The van der Waals surface area contributed by atoms with Crippen molar-refractivity contribution in [1.82, 2.24) is 0 Å². The minimum Gasteiger partial charge on any atom is -0.427 e. The lowest BCUT2D eigenvalue weighted by atomic mass is 9.65. The van der Waals surface area contributed by atoms with Gasteiger partial charge in [-0.1, -0.05) is 151 Å². The van der Waals surface area contributed by atoms with Gasteiger partial charge in [0.15, 0.2) is 0 Å².